The minimum absolute atomic E-state index is 0.318. The van der Waals surface area contributed by atoms with Crippen LogP contribution in [0.1, 0.15) is 20.8 Å². The molecule has 0 spiro atoms. The molecule has 0 aliphatic rings. The van der Waals surface area contributed by atoms with Crippen LogP contribution in [0, 0.1) is 0 Å². The molecule has 1 heterocycles. The van der Waals surface area contributed by atoms with Crippen LogP contribution in [0.15, 0.2) is 30.5 Å². The Balaban J connectivity index is 0.000000185. The van der Waals surface area contributed by atoms with Crippen LogP contribution in [0.25, 0.3) is 10.9 Å². The molecule has 0 aliphatic carbocycles. The van der Waals surface area contributed by atoms with Crippen LogP contribution >= 0.6 is 11.6 Å². The average Bonchev–Trinajstić information content (AvgIpc) is 2.66. The average molecular weight is 254 g/mol. The Morgan fingerprint density at radius 1 is 1.29 bits per heavy atom. The lowest BCUT2D eigenvalue weighted by atomic mass is 10.2. The van der Waals surface area contributed by atoms with Crippen molar-refractivity contribution in [3.05, 3.63) is 35.5 Å². The largest absolute Gasteiger partial charge is 0.462 e. The first-order valence-electron chi connectivity index (χ1n) is 5.27. The van der Waals surface area contributed by atoms with E-state index in [4.69, 9.17) is 11.6 Å². The lowest BCUT2D eigenvalue weighted by Crippen LogP contribution is -2.17. The van der Waals surface area contributed by atoms with Crippen molar-refractivity contribution in [2.45, 2.75) is 26.4 Å². The second kappa shape index (κ2) is 5.73. The van der Waals surface area contributed by atoms with E-state index >= 15 is 0 Å². The predicted molar refractivity (Wildman–Crippen MR) is 70.2 cm³/mol. The Morgan fingerprint density at radius 3 is 2.47 bits per heavy atom. The second-order valence-electron chi connectivity index (χ2n) is 4.51. The zero-order chi connectivity index (χ0) is 12.9. The minimum Gasteiger partial charge on any atom is -0.462 e. The molecule has 2 rings (SSSR count). The Kier molecular flexibility index (Phi) is 4.58. The van der Waals surface area contributed by atoms with Gasteiger partial charge in [-0.3, -0.25) is 4.79 Å². The van der Waals surface area contributed by atoms with Gasteiger partial charge in [0.05, 0.1) is 0 Å². The summed E-state index contributed by atoms with van der Waals surface area (Å²) in [5, 5.41) is 1.89. The van der Waals surface area contributed by atoms with E-state index in [1.807, 2.05) is 51.2 Å². The van der Waals surface area contributed by atoms with Crippen molar-refractivity contribution in [3.63, 3.8) is 0 Å². The molecule has 17 heavy (non-hydrogen) atoms. The molecule has 1 aromatic carbocycles. The van der Waals surface area contributed by atoms with Gasteiger partial charge in [-0.05, 0) is 39.0 Å². The summed E-state index contributed by atoms with van der Waals surface area (Å²) in [4.78, 5) is 12.7. The van der Waals surface area contributed by atoms with Gasteiger partial charge in [0.15, 0.2) is 0 Å². The molecule has 0 aliphatic heterocycles. The highest BCUT2D eigenvalue weighted by molar-refractivity contribution is 6.35. The van der Waals surface area contributed by atoms with Gasteiger partial charge >= 0.3 is 0 Å². The lowest BCUT2D eigenvalue weighted by molar-refractivity contribution is -0.138. The van der Waals surface area contributed by atoms with Crippen molar-refractivity contribution in [3.8, 4) is 0 Å². The van der Waals surface area contributed by atoms with E-state index < -0.39 is 0 Å². The number of rotatable bonds is 1. The molecule has 1 N–H and O–H groups in total. The highest BCUT2D eigenvalue weighted by atomic mass is 35.5. The number of fused-ring (bicyclic) bond motifs is 1. The van der Waals surface area contributed by atoms with Crippen molar-refractivity contribution < 1.29 is 9.53 Å². The molecule has 3 nitrogen and oxygen atoms in total. The Hall–Kier alpha value is -1.48. The van der Waals surface area contributed by atoms with Gasteiger partial charge in [-0.15, -0.1) is 0 Å². The normalized spacial score (nSPS) is 10.6. The third kappa shape index (κ3) is 4.49. The molecule has 0 bridgehead atoms. The van der Waals surface area contributed by atoms with E-state index in [-0.39, 0.29) is 5.60 Å². The van der Waals surface area contributed by atoms with Crippen LogP contribution in [-0.2, 0) is 9.53 Å². The van der Waals surface area contributed by atoms with E-state index in [9.17, 15) is 4.79 Å². The highest BCUT2D eigenvalue weighted by Crippen LogP contribution is 2.21. The van der Waals surface area contributed by atoms with Gasteiger partial charge in [0.25, 0.3) is 6.47 Å². The number of ether oxygens (including phenoxy) is 1. The fourth-order valence-electron chi connectivity index (χ4n) is 1.19. The summed E-state index contributed by atoms with van der Waals surface area (Å²) >= 11 is 5.88. The van der Waals surface area contributed by atoms with Crippen molar-refractivity contribution in [1.82, 2.24) is 4.98 Å². The van der Waals surface area contributed by atoms with Crippen molar-refractivity contribution in [2.75, 3.05) is 0 Å². The third-order valence-electron chi connectivity index (χ3n) is 1.94. The summed E-state index contributed by atoms with van der Waals surface area (Å²) in [5.41, 5.74) is 0.773. The van der Waals surface area contributed by atoms with Gasteiger partial charge in [0.1, 0.15) is 5.60 Å². The third-order valence-corrected chi connectivity index (χ3v) is 2.27. The van der Waals surface area contributed by atoms with Crippen LogP contribution in [-0.4, -0.2) is 17.1 Å². The van der Waals surface area contributed by atoms with Crippen LogP contribution in [0.3, 0.4) is 0 Å². The summed E-state index contributed by atoms with van der Waals surface area (Å²) in [5.74, 6) is 0. The first kappa shape index (κ1) is 13.6. The topological polar surface area (TPSA) is 42.1 Å². The number of hydrogen-bond acceptors (Lipinski definition) is 2. The second-order valence-corrected chi connectivity index (χ2v) is 4.91. The molecule has 92 valence electrons. The van der Waals surface area contributed by atoms with Gasteiger partial charge in [0, 0.05) is 22.1 Å². The van der Waals surface area contributed by atoms with Crippen LogP contribution < -0.4 is 0 Å². The monoisotopic (exact) mass is 253 g/mol. The summed E-state index contributed by atoms with van der Waals surface area (Å²) in [6.07, 6.45) is 1.89. The number of carbonyl (C=O) groups excluding carboxylic acids is 1. The Labute approximate surface area is 106 Å². The maximum atomic E-state index is 9.60. The molecule has 0 fully saturated rings. The van der Waals surface area contributed by atoms with Crippen LogP contribution in [0.4, 0.5) is 0 Å². The molecule has 0 atom stereocenters. The summed E-state index contributed by atoms with van der Waals surface area (Å²) in [7, 11) is 0. The minimum atomic E-state index is -0.318. The standard InChI is InChI=1S/C8H6ClN.C5H10O2/c9-7-2-1-3-8-6(7)4-5-10-8;1-5(2,3)7-4-6/h1-5,10H;4H,1-3H3. The molecular formula is C13H16ClNO2. The Morgan fingerprint density at radius 2 is 2.00 bits per heavy atom. The SMILES string of the molecule is CC(C)(C)OC=O.Clc1cccc2[nH]ccc12. The van der Waals surface area contributed by atoms with Crippen LogP contribution in [0.5, 0.6) is 0 Å². The van der Waals surface area contributed by atoms with Crippen molar-refractivity contribution in [2.24, 2.45) is 0 Å². The van der Waals surface area contributed by atoms with E-state index in [0.29, 0.717) is 6.47 Å². The van der Waals surface area contributed by atoms with Gasteiger partial charge in [0.2, 0.25) is 0 Å². The van der Waals surface area contributed by atoms with Gasteiger partial charge in [-0.1, -0.05) is 17.7 Å². The quantitative estimate of drug-likeness (QED) is 0.786. The van der Waals surface area contributed by atoms with Gasteiger partial charge < -0.3 is 9.72 Å². The first-order chi connectivity index (χ1) is 7.94. The van der Waals surface area contributed by atoms with Gasteiger partial charge in [-0.25, -0.2) is 0 Å². The van der Waals surface area contributed by atoms with Crippen molar-refractivity contribution in [1.29, 1.82) is 0 Å². The molecule has 4 heteroatoms. The number of benzene rings is 1. The van der Waals surface area contributed by atoms with Crippen LogP contribution in [0.2, 0.25) is 5.02 Å². The zero-order valence-corrected chi connectivity index (χ0v) is 10.9. The number of aromatic nitrogens is 1. The summed E-state index contributed by atoms with van der Waals surface area (Å²) < 4.78 is 4.55. The highest BCUT2D eigenvalue weighted by Gasteiger charge is 2.07. The number of carbonyl (C=O) groups is 1. The maximum Gasteiger partial charge on any atom is 0.293 e. The fourth-order valence-corrected chi connectivity index (χ4v) is 1.43. The number of nitrogens with one attached hydrogen (secondary N) is 1. The molecule has 1 aromatic heterocycles. The zero-order valence-electron chi connectivity index (χ0n) is 10.2. The molecule has 0 radical (unpaired) electrons. The number of halogens is 1. The fraction of sp³-hybridized carbons (Fsp3) is 0.308. The maximum absolute atomic E-state index is 9.60. The smallest absolute Gasteiger partial charge is 0.293 e. The lowest BCUT2D eigenvalue weighted by Gasteiger charge is -2.14. The van der Waals surface area contributed by atoms with Crippen molar-refractivity contribution >= 4 is 29.0 Å². The van der Waals surface area contributed by atoms with E-state index in [1.54, 1.807) is 0 Å². The number of aromatic amines is 1. The molecule has 2 aromatic rings. The number of H-pyrrole nitrogens is 1. The first-order valence-corrected chi connectivity index (χ1v) is 5.65. The van der Waals surface area contributed by atoms with E-state index in [2.05, 4.69) is 9.72 Å². The van der Waals surface area contributed by atoms with E-state index in [0.717, 1.165) is 15.9 Å². The molecule has 0 saturated heterocycles. The molecule has 0 unspecified atom stereocenters. The molecule has 0 saturated carbocycles. The Bertz CT molecular complexity index is 485. The number of hydrogen-bond donors (Lipinski definition) is 1. The van der Waals surface area contributed by atoms with Gasteiger partial charge in [-0.2, -0.15) is 0 Å². The van der Waals surface area contributed by atoms with E-state index in [1.165, 1.54) is 0 Å². The summed E-state index contributed by atoms with van der Waals surface area (Å²) in [6.45, 7) is 5.92. The molecule has 0 amide bonds. The predicted octanol–water partition coefficient (Wildman–Crippen LogP) is 3.78. The summed E-state index contributed by atoms with van der Waals surface area (Å²) in [6, 6.07) is 7.79. The molecular weight excluding hydrogens is 238 g/mol.